The first-order valence-corrected chi connectivity index (χ1v) is 8.94. The Morgan fingerprint density at radius 3 is 2.84 bits per heavy atom. The predicted molar refractivity (Wildman–Crippen MR) is 94.0 cm³/mol. The summed E-state index contributed by atoms with van der Waals surface area (Å²) in [6.45, 7) is 4.31. The average Bonchev–Trinajstić information content (AvgIpc) is 3.21. The highest BCUT2D eigenvalue weighted by Crippen LogP contribution is 2.22. The van der Waals surface area contributed by atoms with Gasteiger partial charge in [0.25, 0.3) is 0 Å². The van der Waals surface area contributed by atoms with Crippen molar-refractivity contribution in [2.45, 2.75) is 31.7 Å². The number of nitrogens with zero attached hydrogens (tertiary/aromatic N) is 2. The van der Waals surface area contributed by atoms with Crippen molar-refractivity contribution in [3.8, 4) is 0 Å². The molecular formula is C18H25FN4O2. The van der Waals surface area contributed by atoms with Crippen LogP contribution in [-0.2, 0) is 4.79 Å². The molecule has 7 heteroatoms. The van der Waals surface area contributed by atoms with Gasteiger partial charge in [-0.3, -0.25) is 4.79 Å². The van der Waals surface area contributed by atoms with Crippen LogP contribution in [-0.4, -0.2) is 55.6 Å². The van der Waals surface area contributed by atoms with E-state index < -0.39 is 0 Å². The van der Waals surface area contributed by atoms with Gasteiger partial charge in [0.05, 0.1) is 6.04 Å². The molecule has 2 fully saturated rings. The molecule has 25 heavy (non-hydrogen) atoms. The first-order valence-electron chi connectivity index (χ1n) is 8.94. The molecule has 6 nitrogen and oxygen atoms in total. The van der Waals surface area contributed by atoms with Gasteiger partial charge in [0, 0.05) is 25.2 Å². The van der Waals surface area contributed by atoms with Gasteiger partial charge in [0.15, 0.2) is 0 Å². The first kappa shape index (κ1) is 17.7. The molecule has 2 N–H and O–H groups in total. The fourth-order valence-corrected chi connectivity index (χ4v) is 3.45. The SMILES string of the molecule is O=C(NCCCN1CCCC1)N[C@H]1CC(=O)N(c2cccc(F)c2)C1. The van der Waals surface area contributed by atoms with E-state index in [1.807, 2.05) is 0 Å². The van der Waals surface area contributed by atoms with Crippen molar-refractivity contribution in [1.29, 1.82) is 0 Å². The number of likely N-dealkylation sites (tertiary alicyclic amines) is 1. The van der Waals surface area contributed by atoms with E-state index in [0.29, 0.717) is 18.8 Å². The molecule has 0 spiro atoms. The minimum atomic E-state index is -0.377. The van der Waals surface area contributed by atoms with E-state index in [-0.39, 0.29) is 30.2 Å². The van der Waals surface area contributed by atoms with E-state index in [2.05, 4.69) is 15.5 Å². The quantitative estimate of drug-likeness (QED) is 0.770. The molecule has 0 aromatic heterocycles. The van der Waals surface area contributed by atoms with E-state index in [4.69, 9.17) is 0 Å². The summed E-state index contributed by atoms with van der Waals surface area (Å²) in [5, 5.41) is 5.68. The van der Waals surface area contributed by atoms with Crippen LogP contribution >= 0.6 is 0 Å². The summed E-state index contributed by atoms with van der Waals surface area (Å²) in [6.07, 6.45) is 3.70. The zero-order valence-corrected chi connectivity index (χ0v) is 14.3. The molecular weight excluding hydrogens is 323 g/mol. The molecule has 0 radical (unpaired) electrons. The van der Waals surface area contributed by atoms with Crippen molar-refractivity contribution in [2.24, 2.45) is 0 Å². The number of nitrogens with one attached hydrogen (secondary N) is 2. The molecule has 0 aliphatic carbocycles. The largest absolute Gasteiger partial charge is 0.338 e. The summed E-state index contributed by atoms with van der Waals surface area (Å²) < 4.78 is 13.3. The molecule has 1 aromatic rings. The van der Waals surface area contributed by atoms with Crippen LogP contribution in [0.2, 0.25) is 0 Å². The van der Waals surface area contributed by atoms with Crippen molar-refractivity contribution in [1.82, 2.24) is 15.5 Å². The number of carbonyl (C=O) groups is 2. The molecule has 2 heterocycles. The highest BCUT2D eigenvalue weighted by atomic mass is 19.1. The number of amides is 3. The maximum atomic E-state index is 13.3. The Balaban J connectivity index is 1.39. The third kappa shape index (κ3) is 4.92. The number of halogens is 1. The molecule has 2 saturated heterocycles. The highest BCUT2D eigenvalue weighted by molar-refractivity contribution is 5.96. The smallest absolute Gasteiger partial charge is 0.315 e. The lowest BCUT2D eigenvalue weighted by atomic mass is 10.2. The fourth-order valence-electron chi connectivity index (χ4n) is 3.45. The Hall–Kier alpha value is -2.15. The van der Waals surface area contributed by atoms with Gasteiger partial charge in [0.2, 0.25) is 5.91 Å². The van der Waals surface area contributed by atoms with Crippen LogP contribution in [0.15, 0.2) is 24.3 Å². The van der Waals surface area contributed by atoms with Gasteiger partial charge in [-0.2, -0.15) is 0 Å². The van der Waals surface area contributed by atoms with Crippen LogP contribution in [0.5, 0.6) is 0 Å². The molecule has 1 atom stereocenters. The van der Waals surface area contributed by atoms with Gasteiger partial charge in [-0.1, -0.05) is 6.07 Å². The second-order valence-electron chi connectivity index (χ2n) is 6.69. The van der Waals surface area contributed by atoms with E-state index >= 15 is 0 Å². The van der Waals surface area contributed by atoms with Gasteiger partial charge in [0.1, 0.15) is 5.82 Å². The maximum absolute atomic E-state index is 13.3. The molecule has 0 saturated carbocycles. The molecule has 3 amide bonds. The van der Waals surface area contributed by atoms with Gasteiger partial charge < -0.3 is 20.4 Å². The second kappa shape index (κ2) is 8.29. The van der Waals surface area contributed by atoms with E-state index in [1.165, 1.54) is 29.9 Å². The minimum Gasteiger partial charge on any atom is -0.338 e. The Kier molecular flexibility index (Phi) is 5.86. The summed E-state index contributed by atoms with van der Waals surface area (Å²) >= 11 is 0. The van der Waals surface area contributed by atoms with Gasteiger partial charge >= 0.3 is 6.03 Å². The number of anilines is 1. The molecule has 3 rings (SSSR count). The monoisotopic (exact) mass is 348 g/mol. The molecule has 1 aromatic carbocycles. The lowest BCUT2D eigenvalue weighted by molar-refractivity contribution is -0.117. The number of rotatable bonds is 6. The Bertz CT molecular complexity index is 619. The Morgan fingerprint density at radius 1 is 1.28 bits per heavy atom. The number of urea groups is 1. The second-order valence-corrected chi connectivity index (χ2v) is 6.69. The molecule has 136 valence electrons. The standard InChI is InChI=1S/C18H25FN4O2/c19-14-5-3-6-16(11-14)23-13-15(12-17(23)24)21-18(25)20-7-4-10-22-8-1-2-9-22/h3,5-6,11,15H,1-2,4,7-10,12-13H2,(H2,20,21,25)/t15-/m0/s1. The highest BCUT2D eigenvalue weighted by Gasteiger charge is 2.31. The maximum Gasteiger partial charge on any atom is 0.315 e. The summed E-state index contributed by atoms with van der Waals surface area (Å²) in [5.41, 5.74) is 0.528. The Labute approximate surface area is 147 Å². The molecule has 0 bridgehead atoms. The lowest BCUT2D eigenvalue weighted by Crippen LogP contribution is -2.44. The molecule has 2 aliphatic rings. The van der Waals surface area contributed by atoms with Crippen LogP contribution in [0.3, 0.4) is 0 Å². The summed E-state index contributed by atoms with van der Waals surface area (Å²) in [4.78, 5) is 28.0. The van der Waals surface area contributed by atoms with Crippen molar-refractivity contribution in [3.63, 3.8) is 0 Å². The minimum absolute atomic E-state index is 0.107. The van der Waals surface area contributed by atoms with Crippen molar-refractivity contribution in [3.05, 3.63) is 30.1 Å². The first-order chi connectivity index (χ1) is 12.1. The number of benzene rings is 1. The van der Waals surface area contributed by atoms with Crippen LogP contribution in [0, 0.1) is 5.82 Å². The summed E-state index contributed by atoms with van der Waals surface area (Å²) in [6, 6.07) is 5.44. The zero-order chi connectivity index (χ0) is 17.6. The number of hydrogen-bond acceptors (Lipinski definition) is 3. The normalized spacial score (nSPS) is 20.9. The van der Waals surface area contributed by atoms with E-state index in [1.54, 1.807) is 12.1 Å². The molecule has 0 unspecified atom stereocenters. The molecule has 2 aliphatic heterocycles. The van der Waals surface area contributed by atoms with E-state index in [9.17, 15) is 14.0 Å². The van der Waals surface area contributed by atoms with Crippen LogP contribution < -0.4 is 15.5 Å². The van der Waals surface area contributed by atoms with Gasteiger partial charge in [-0.15, -0.1) is 0 Å². The average molecular weight is 348 g/mol. The predicted octanol–water partition coefficient (Wildman–Crippen LogP) is 1.72. The van der Waals surface area contributed by atoms with Gasteiger partial charge in [-0.05, 0) is 57.1 Å². The van der Waals surface area contributed by atoms with Gasteiger partial charge in [-0.25, -0.2) is 9.18 Å². The van der Waals surface area contributed by atoms with Crippen LogP contribution in [0.25, 0.3) is 0 Å². The van der Waals surface area contributed by atoms with Crippen LogP contribution in [0.1, 0.15) is 25.7 Å². The van der Waals surface area contributed by atoms with Crippen molar-refractivity contribution in [2.75, 3.05) is 37.6 Å². The number of hydrogen-bond donors (Lipinski definition) is 2. The number of carbonyl (C=O) groups excluding carboxylic acids is 2. The third-order valence-electron chi connectivity index (χ3n) is 4.72. The summed E-state index contributed by atoms with van der Waals surface area (Å²) in [7, 11) is 0. The Morgan fingerprint density at radius 2 is 2.08 bits per heavy atom. The topological polar surface area (TPSA) is 64.7 Å². The van der Waals surface area contributed by atoms with Crippen molar-refractivity contribution < 1.29 is 14.0 Å². The van der Waals surface area contributed by atoms with E-state index in [0.717, 1.165) is 26.1 Å². The lowest BCUT2D eigenvalue weighted by Gasteiger charge is -2.18. The van der Waals surface area contributed by atoms with Crippen LogP contribution in [0.4, 0.5) is 14.9 Å². The zero-order valence-electron chi connectivity index (χ0n) is 14.3. The fraction of sp³-hybridized carbons (Fsp3) is 0.556. The summed E-state index contributed by atoms with van der Waals surface area (Å²) in [5.74, 6) is -0.484. The third-order valence-corrected chi connectivity index (χ3v) is 4.72. The van der Waals surface area contributed by atoms with Crippen molar-refractivity contribution >= 4 is 17.6 Å².